The first-order valence-electron chi connectivity index (χ1n) is 5.91. The summed E-state index contributed by atoms with van der Waals surface area (Å²) in [6.07, 6.45) is 0.188. The number of carboxylic acid groups (broad SMARTS) is 1. The number of carbonyl (C=O) groups is 2. The summed E-state index contributed by atoms with van der Waals surface area (Å²) < 4.78 is 0. The molecule has 1 aliphatic heterocycles. The normalized spacial score (nSPS) is 20.6. The fourth-order valence-electron chi connectivity index (χ4n) is 2.28. The molecule has 0 radical (unpaired) electrons. The second-order valence-electron chi connectivity index (χ2n) is 4.59. The molecule has 2 N–H and O–H groups in total. The van der Waals surface area contributed by atoms with Crippen LogP contribution in [-0.4, -0.2) is 40.1 Å². The van der Waals surface area contributed by atoms with Crippen molar-refractivity contribution >= 4 is 23.5 Å². The van der Waals surface area contributed by atoms with E-state index in [1.165, 1.54) is 4.90 Å². The molecule has 1 saturated heterocycles. The third-order valence-electron chi connectivity index (χ3n) is 3.23. The van der Waals surface area contributed by atoms with Crippen molar-refractivity contribution in [3.8, 4) is 0 Å². The number of nitrogens with zero attached hydrogens (tertiary/aromatic N) is 1. The van der Waals surface area contributed by atoms with Gasteiger partial charge in [-0.25, -0.2) is 4.79 Å². The topological polar surface area (TPSA) is 77.8 Å². The molecule has 5 nitrogen and oxygen atoms in total. The van der Waals surface area contributed by atoms with Crippen LogP contribution < -0.4 is 0 Å². The first-order valence-corrected chi connectivity index (χ1v) is 6.29. The summed E-state index contributed by atoms with van der Waals surface area (Å²) in [6.45, 7) is 0.143. The van der Waals surface area contributed by atoms with Gasteiger partial charge in [-0.05, 0) is 17.7 Å². The van der Waals surface area contributed by atoms with Gasteiger partial charge >= 0.3 is 5.97 Å². The molecule has 102 valence electrons. The number of aliphatic hydroxyl groups is 1. The predicted molar refractivity (Wildman–Crippen MR) is 68.7 cm³/mol. The van der Waals surface area contributed by atoms with Gasteiger partial charge in [-0.3, -0.25) is 4.79 Å². The van der Waals surface area contributed by atoms with Crippen LogP contribution in [0.15, 0.2) is 24.3 Å². The molecule has 0 spiro atoms. The highest BCUT2D eigenvalue weighted by atomic mass is 35.5. The molecule has 1 heterocycles. The number of benzene rings is 1. The van der Waals surface area contributed by atoms with E-state index >= 15 is 0 Å². The Kier molecular flexibility index (Phi) is 4.07. The zero-order chi connectivity index (χ0) is 14.0. The number of aliphatic carboxylic acids is 1. The Labute approximate surface area is 115 Å². The van der Waals surface area contributed by atoms with E-state index in [4.69, 9.17) is 16.7 Å². The number of rotatable bonds is 4. The summed E-state index contributed by atoms with van der Waals surface area (Å²) in [7, 11) is 0. The molecule has 1 aromatic carbocycles. The lowest BCUT2D eigenvalue weighted by Gasteiger charge is -2.25. The zero-order valence-corrected chi connectivity index (χ0v) is 10.9. The Balaban J connectivity index is 2.28. The van der Waals surface area contributed by atoms with Crippen molar-refractivity contribution in [3.05, 3.63) is 34.9 Å². The van der Waals surface area contributed by atoms with E-state index in [1.807, 2.05) is 0 Å². The summed E-state index contributed by atoms with van der Waals surface area (Å²) in [6, 6.07) is 5.36. The van der Waals surface area contributed by atoms with Crippen LogP contribution in [0.1, 0.15) is 18.0 Å². The second kappa shape index (κ2) is 5.59. The molecule has 0 aromatic heterocycles. The Morgan fingerprint density at radius 2 is 2.05 bits per heavy atom. The van der Waals surface area contributed by atoms with Gasteiger partial charge < -0.3 is 15.1 Å². The van der Waals surface area contributed by atoms with E-state index in [0.717, 1.165) is 0 Å². The van der Waals surface area contributed by atoms with Crippen LogP contribution >= 0.6 is 11.6 Å². The largest absolute Gasteiger partial charge is 0.479 e. The van der Waals surface area contributed by atoms with Gasteiger partial charge in [0, 0.05) is 30.5 Å². The minimum absolute atomic E-state index is 0.116. The lowest BCUT2D eigenvalue weighted by atomic mass is 10.1. The quantitative estimate of drug-likeness (QED) is 0.873. The molecule has 1 aliphatic rings. The van der Waals surface area contributed by atoms with E-state index in [2.05, 4.69) is 0 Å². The molecule has 19 heavy (non-hydrogen) atoms. The van der Waals surface area contributed by atoms with E-state index in [0.29, 0.717) is 10.6 Å². The Bertz CT molecular complexity index is 488. The van der Waals surface area contributed by atoms with Gasteiger partial charge in [-0.1, -0.05) is 23.7 Å². The van der Waals surface area contributed by atoms with Gasteiger partial charge in [0.15, 0.2) is 6.04 Å². The fourth-order valence-corrected chi connectivity index (χ4v) is 2.41. The number of amides is 1. The smallest absolute Gasteiger partial charge is 0.331 e. The van der Waals surface area contributed by atoms with Crippen LogP contribution in [0.5, 0.6) is 0 Å². The second-order valence-corrected chi connectivity index (χ2v) is 5.03. The molecule has 2 unspecified atom stereocenters. The van der Waals surface area contributed by atoms with Crippen LogP contribution in [0, 0.1) is 5.92 Å². The lowest BCUT2D eigenvalue weighted by molar-refractivity contribution is -0.148. The molecular formula is C13H14ClNO4. The Morgan fingerprint density at radius 3 is 2.53 bits per heavy atom. The average molecular weight is 284 g/mol. The minimum atomic E-state index is -1.09. The molecule has 1 amide bonds. The van der Waals surface area contributed by atoms with Crippen LogP contribution in [-0.2, 0) is 9.59 Å². The van der Waals surface area contributed by atoms with Crippen molar-refractivity contribution in [1.82, 2.24) is 4.90 Å². The number of hydrogen-bond donors (Lipinski definition) is 2. The van der Waals surface area contributed by atoms with Gasteiger partial charge in [-0.15, -0.1) is 0 Å². The van der Waals surface area contributed by atoms with Crippen molar-refractivity contribution in [2.75, 3.05) is 13.2 Å². The Hall–Kier alpha value is -1.59. The number of likely N-dealkylation sites (tertiary alicyclic amines) is 1. The van der Waals surface area contributed by atoms with E-state index in [-0.39, 0.29) is 31.4 Å². The molecule has 2 rings (SSSR count). The van der Waals surface area contributed by atoms with E-state index < -0.39 is 12.0 Å². The summed E-state index contributed by atoms with van der Waals surface area (Å²) in [5.74, 6) is -1.53. The minimum Gasteiger partial charge on any atom is -0.479 e. The van der Waals surface area contributed by atoms with Gasteiger partial charge in [0.1, 0.15) is 0 Å². The summed E-state index contributed by atoms with van der Waals surface area (Å²) in [5, 5.41) is 18.9. The molecule has 2 atom stereocenters. The number of carbonyl (C=O) groups excluding carboxylic acids is 1. The van der Waals surface area contributed by atoms with Crippen molar-refractivity contribution in [3.63, 3.8) is 0 Å². The van der Waals surface area contributed by atoms with E-state index in [1.54, 1.807) is 24.3 Å². The third kappa shape index (κ3) is 2.88. The highest BCUT2D eigenvalue weighted by molar-refractivity contribution is 6.30. The number of halogens is 1. The SMILES string of the molecule is O=C(O)C(c1ccc(Cl)cc1)N1CC(CO)CC1=O. The van der Waals surface area contributed by atoms with E-state index in [9.17, 15) is 14.7 Å². The monoisotopic (exact) mass is 283 g/mol. The predicted octanol–water partition coefficient (Wildman–Crippen LogP) is 1.31. The number of hydrogen-bond acceptors (Lipinski definition) is 3. The number of aliphatic hydroxyl groups excluding tert-OH is 1. The molecule has 0 bridgehead atoms. The molecule has 0 saturated carbocycles. The zero-order valence-electron chi connectivity index (χ0n) is 10.1. The molecule has 1 aromatic rings. The van der Waals surface area contributed by atoms with Crippen LogP contribution in [0.25, 0.3) is 0 Å². The fraction of sp³-hybridized carbons (Fsp3) is 0.385. The van der Waals surface area contributed by atoms with Crippen LogP contribution in [0.2, 0.25) is 5.02 Å². The van der Waals surface area contributed by atoms with Crippen molar-refractivity contribution in [2.24, 2.45) is 5.92 Å². The maximum Gasteiger partial charge on any atom is 0.331 e. The van der Waals surface area contributed by atoms with Gasteiger partial charge in [-0.2, -0.15) is 0 Å². The van der Waals surface area contributed by atoms with Gasteiger partial charge in [0.2, 0.25) is 5.91 Å². The summed E-state index contributed by atoms with van der Waals surface area (Å²) in [5.41, 5.74) is 0.504. The van der Waals surface area contributed by atoms with Crippen LogP contribution in [0.4, 0.5) is 0 Å². The number of carboxylic acids is 1. The first-order chi connectivity index (χ1) is 9.02. The molecule has 6 heteroatoms. The molecular weight excluding hydrogens is 270 g/mol. The Morgan fingerprint density at radius 1 is 1.42 bits per heavy atom. The third-order valence-corrected chi connectivity index (χ3v) is 3.48. The summed E-state index contributed by atoms with van der Waals surface area (Å²) in [4.78, 5) is 24.6. The molecule has 1 fully saturated rings. The first kappa shape index (κ1) is 13.8. The van der Waals surface area contributed by atoms with Gasteiger partial charge in [0.05, 0.1) is 0 Å². The van der Waals surface area contributed by atoms with Crippen molar-refractivity contribution in [1.29, 1.82) is 0 Å². The highest BCUT2D eigenvalue weighted by Crippen LogP contribution is 2.29. The molecule has 0 aliphatic carbocycles. The summed E-state index contributed by atoms with van der Waals surface area (Å²) >= 11 is 5.77. The van der Waals surface area contributed by atoms with Crippen molar-refractivity contribution in [2.45, 2.75) is 12.5 Å². The lowest BCUT2D eigenvalue weighted by Crippen LogP contribution is -2.35. The van der Waals surface area contributed by atoms with Gasteiger partial charge in [0.25, 0.3) is 0 Å². The maximum absolute atomic E-state index is 11.9. The van der Waals surface area contributed by atoms with Crippen molar-refractivity contribution < 1.29 is 19.8 Å². The average Bonchev–Trinajstić information content (AvgIpc) is 2.73. The maximum atomic E-state index is 11.9. The van der Waals surface area contributed by atoms with Crippen LogP contribution in [0.3, 0.4) is 0 Å². The standard InChI is InChI=1S/C13H14ClNO4/c14-10-3-1-9(2-4-10)12(13(18)19)15-6-8(7-16)5-11(15)17/h1-4,8,12,16H,5-7H2,(H,18,19). The highest BCUT2D eigenvalue weighted by Gasteiger charge is 2.38.